The Bertz CT molecular complexity index is 926. The maximum atomic E-state index is 13.6. The molecule has 5 nitrogen and oxygen atoms in total. The van der Waals surface area contributed by atoms with E-state index in [0.717, 1.165) is 36.0 Å². The third-order valence-corrected chi connectivity index (χ3v) is 6.76. The molecule has 1 spiro atoms. The standard InChI is InChI=1S/C20H22N4OS/c25-19(15-2-1-3-17-16(15)11-22-23-17)24(12-14-4-9-26-13-14)18-10-20(18)5-7-21-8-6-20/h1-4,9,11,13,18,21H,5-8,10,12H2,(H,22,23). The van der Waals surface area contributed by atoms with Gasteiger partial charge in [0.1, 0.15) is 0 Å². The monoisotopic (exact) mass is 366 g/mol. The van der Waals surface area contributed by atoms with Crippen molar-refractivity contribution in [2.45, 2.75) is 31.8 Å². The molecule has 2 aromatic heterocycles. The van der Waals surface area contributed by atoms with Crippen LogP contribution in [-0.2, 0) is 6.54 Å². The van der Waals surface area contributed by atoms with Crippen molar-refractivity contribution in [3.8, 4) is 0 Å². The summed E-state index contributed by atoms with van der Waals surface area (Å²) in [5, 5.41) is 15.7. The summed E-state index contributed by atoms with van der Waals surface area (Å²) in [6.07, 6.45) is 5.23. The first-order valence-corrected chi connectivity index (χ1v) is 10.2. The highest BCUT2D eigenvalue weighted by Gasteiger charge is 2.57. The predicted octanol–water partition coefficient (Wildman–Crippen LogP) is 3.41. The Morgan fingerprint density at radius 1 is 1.31 bits per heavy atom. The van der Waals surface area contributed by atoms with Crippen molar-refractivity contribution in [2.24, 2.45) is 5.41 Å². The molecule has 1 unspecified atom stereocenters. The highest BCUT2D eigenvalue weighted by atomic mass is 32.1. The first kappa shape index (κ1) is 16.0. The number of rotatable bonds is 4. The number of thiophene rings is 1. The Morgan fingerprint density at radius 3 is 3.00 bits per heavy atom. The van der Waals surface area contributed by atoms with Crippen LogP contribution in [0.15, 0.2) is 41.2 Å². The highest BCUT2D eigenvalue weighted by molar-refractivity contribution is 7.07. The van der Waals surface area contributed by atoms with Gasteiger partial charge in [-0.05, 0) is 72.3 Å². The number of carbonyl (C=O) groups excluding carboxylic acids is 1. The average Bonchev–Trinajstić information content (AvgIpc) is 3.08. The molecule has 1 atom stereocenters. The van der Waals surface area contributed by atoms with E-state index in [1.165, 1.54) is 18.4 Å². The quantitative estimate of drug-likeness (QED) is 0.744. The summed E-state index contributed by atoms with van der Waals surface area (Å²) in [4.78, 5) is 15.7. The molecule has 1 aliphatic heterocycles. The van der Waals surface area contributed by atoms with E-state index in [1.54, 1.807) is 17.5 Å². The van der Waals surface area contributed by atoms with E-state index in [0.29, 0.717) is 18.0 Å². The molecule has 1 saturated carbocycles. The maximum absolute atomic E-state index is 13.6. The second kappa shape index (κ2) is 6.21. The molecule has 0 bridgehead atoms. The molecule has 2 aliphatic rings. The molecule has 3 heterocycles. The zero-order chi connectivity index (χ0) is 17.6. The van der Waals surface area contributed by atoms with Gasteiger partial charge in [-0.1, -0.05) is 6.07 Å². The van der Waals surface area contributed by atoms with Crippen molar-refractivity contribution in [3.05, 3.63) is 52.3 Å². The average molecular weight is 366 g/mol. The minimum atomic E-state index is 0.128. The fourth-order valence-electron chi connectivity index (χ4n) is 4.44. The van der Waals surface area contributed by atoms with Gasteiger partial charge >= 0.3 is 0 Å². The zero-order valence-corrected chi connectivity index (χ0v) is 15.4. The molecule has 0 radical (unpaired) electrons. The number of aromatic amines is 1. The fourth-order valence-corrected chi connectivity index (χ4v) is 5.10. The molecular formula is C20H22N4OS. The first-order valence-electron chi connectivity index (χ1n) is 9.22. The second-order valence-corrected chi connectivity index (χ2v) is 8.31. The number of aromatic nitrogens is 2. The van der Waals surface area contributed by atoms with Gasteiger partial charge in [0.2, 0.25) is 0 Å². The molecule has 1 aliphatic carbocycles. The number of nitrogens with one attached hydrogen (secondary N) is 2. The van der Waals surface area contributed by atoms with E-state index >= 15 is 0 Å². The number of benzene rings is 1. The minimum Gasteiger partial charge on any atom is -0.331 e. The van der Waals surface area contributed by atoms with Crippen LogP contribution >= 0.6 is 11.3 Å². The van der Waals surface area contributed by atoms with Crippen LogP contribution in [0.3, 0.4) is 0 Å². The van der Waals surface area contributed by atoms with Gasteiger partial charge in [0, 0.05) is 18.0 Å². The maximum Gasteiger partial charge on any atom is 0.255 e. The van der Waals surface area contributed by atoms with Crippen molar-refractivity contribution in [2.75, 3.05) is 13.1 Å². The van der Waals surface area contributed by atoms with Crippen LogP contribution in [0.2, 0.25) is 0 Å². The van der Waals surface area contributed by atoms with Gasteiger partial charge in [-0.25, -0.2) is 0 Å². The van der Waals surface area contributed by atoms with Crippen LogP contribution in [0.1, 0.15) is 35.2 Å². The summed E-state index contributed by atoms with van der Waals surface area (Å²) in [6.45, 7) is 2.82. The first-order chi connectivity index (χ1) is 12.8. The third kappa shape index (κ3) is 2.64. The lowest BCUT2D eigenvalue weighted by molar-refractivity contribution is 0.0694. The third-order valence-electron chi connectivity index (χ3n) is 6.03. The smallest absolute Gasteiger partial charge is 0.255 e. The number of nitrogens with zero attached hydrogens (tertiary/aromatic N) is 2. The van der Waals surface area contributed by atoms with Gasteiger partial charge < -0.3 is 10.2 Å². The molecule has 5 rings (SSSR count). The normalized spacial score (nSPS) is 21.2. The van der Waals surface area contributed by atoms with Crippen molar-refractivity contribution >= 4 is 28.1 Å². The van der Waals surface area contributed by atoms with Crippen LogP contribution < -0.4 is 5.32 Å². The number of amides is 1. The second-order valence-electron chi connectivity index (χ2n) is 7.53. The van der Waals surface area contributed by atoms with Crippen molar-refractivity contribution in [1.82, 2.24) is 20.4 Å². The topological polar surface area (TPSA) is 61.0 Å². The van der Waals surface area contributed by atoms with Gasteiger partial charge in [-0.2, -0.15) is 16.4 Å². The lowest BCUT2D eigenvalue weighted by Gasteiger charge is -2.29. The van der Waals surface area contributed by atoms with E-state index in [9.17, 15) is 4.79 Å². The molecule has 1 amide bonds. The van der Waals surface area contributed by atoms with E-state index < -0.39 is 0 Å². The van der Waals surface area contributed by atoms with Gasteiger partial charge in [0.05, 0.1) is 17.3 Å². The predicted molar refractivity (Wildman–Crippen MR) is 103 cm³/mol. The molecule has 26 heavy (non-hydrogen) atoms. The van der Waals surface area contributed by atoms with Crippen molar-refractivity contribution in [3.63, 3.8) is 0 Å². The lowest BCUT2D eigenvalue weighted by atomic mass is 9.93. The summed E-state index contributed by atoms with van der Waals surface area (Å²) in [5.74, 6) is 0.128. The number of hydrogen-bond acceptors (Lipinski definition) is 4. The number of carbonyl (C=O) groups is 1. The summed E-state index contributed by atoms with van der Waals surface area (Å²) in [5.41, 5.74) is 3.21. The Hall–Kier alpha value is -2.18. The summed E-state index contributed by atoms with van der Waals surface area (Å²) < 4.78 is 0. The largest absolute Gasteiger partial charge is 0.331 e. The van der Waals surface area contributed by atoms with Crippen LogP contribution in [0.25, 0.3) is 10.9 Å². The van der Waals surface area contributed by atoms with E-state index in [2.05, 4.69) is 37.2 Å². The molecule has 1 aromatic carbocycles. The van der Waals surface area contributed by atoms with Crippen LogP contribution in [0, 0.1) is 5.41 Å². The molecule has 2 N–H and O–H groups in total. The van der Waals surface area contributed by atoms with Gasteiger partial charge in [-0.15, -0.1) is 0 Å². The molecule has 134 valence electrons. The molecular weight excluding hydrogens is 344 g/mol. The zero-order valence-electron chi connectivity index (χ0n) is 14.6. The number of H-pyrrole nitrogens is 1. The number of piperidine rings is 1. The minimum absolute atomic E-state index is 0.128. The Labute approximate surface area is 156 Å². The molecule has 6 heteroatoms. The molecule has 1 saturated heterocycles. The Balaban J connectivity index is 1.49. The van der Waals surface area contributed by atoms with Gasteiger partial charge in [0.25, 0.3) is 5.91 Å². The highest BCUT2D eigenvalue weighted by Crippen LogP contribution is 2.56. The summed E-state index contributed by atoms with van der Waals surface area (Å²) in [6, 6.07) is 8.30. The van der Waals surface area contributed by atoms with Crippen LogP contribution in [0.5, 0.6) is 0 Å². The summed E-state index contributed by atoms with van der Waals surface area (Å²) >= 11 is 1.69. The van der Waals surface area contributed by atoms with E-state index in [4.69, 9.17) is 0 Å². The number of hydrogen-bond donors (Lipinski definition) is 2. The van der Waals surface area contributed by atoms with Gasteiger partial charge in [-0.3, -0.25) is 9.89 Å². The Morgan fingerprint density at radius 2 is 2.19 bits per heavy atom. The van der Waals surface area contributed by atoms with Crippen LogP contribution in [0.4, 0.5) is 0 Å². The van der Waals surface area contributed by atoms with Gasteiger partial charge in [0.15, 0.2) is 0 Å². The summed E-state index contributed by atoms with van der Waals surface area (Å²) in [7, 11) is 0. The lowest BCUT2D eigenvalue weighted by Crippen LogP contribution is -2.39. The van der Waals surface area contributed by atoms with E-state index in [1.807, 2.05) is 18.2 Å². The fraction of sp³-hybridized carbons (Fsp3) is 0.400. The van der Waals surface area contributed by atoms with E-state index in [-0.39, 0.29) is 5.91 Å². The molecule has 3 aromatic rings. The van der Waals surface area contributed by atoms with Crippen molar-refractivity contribution < 1.29 is 4.79 Å². The van der Waals surface area contributed by atoms with Crippen molar-refractivity contribution in [1.29, 1.82) is 0 Å². The Kier molecular flexibility index (Phi) is 3.83. The van der Waals surface area contributed by atoms with Crippen LogP contribution in [-0.4, -0.2) is 40.1 Å². The number of fused-ring (bicyclic) bond motifs is 1. The molecule has 2 fully saturated rings. The SMILES string of the molecule is O=C(c1cccc2[nH]ncc12)N(Cc1ccsc1)C1CC12CCNCC2.